The van der Waals surface area contributed by atoms with Gasteiger partial charge in [0, 0.05) is 11.9 Å². The van der Waals surface area contributed by atoms with Crippen LogP contribution < -0.4 is 10.9 Å². The van der Waals surface area contributed by atoms with E-state index in [0.29, 0.717) is 18.5 Å². The number of nitrogens with one attached hydrogen (secondary N) is 2. The molecule has 0 fully saturated rings. The third-order valence-electron chi connectivity index (χ3n) is 2.62. The number of hydrogen-bond acceptors (Lipinski definition) is 3. The molecule has 2 N–H and O–H groups in total. The molecule has 0 spiro atoms. The lowest BCUT2D eigenvalue weighted by atomic mass is 10.2. The second-order valence-corrected chi connectivity index (χ2v) is 4.45. The van der Waals surface area contributed by atoms with Gasteiger partial charge in [-0.1, -0.05) is 18.2 Å². The van der Waals surface area contributed by atoms with Crippen molar-refractivity contribution in [2.24, 2.45) is 0 Å². The highest BCUT2D eigenvalue weighted by Crippen LogP contribution is 2.12. The predicted octanol–water partition coefficient (Wildman–Crippen LogP) is 2.37. The maximum atomic E-state index is 11.8. The highest BCUT2D eigenvalue weighted by Gasteiger charge is 2.00. The fourth-order valence-electron chi connectivity index (χ4n) is 1.79. The lowest BCUT2D eigenvalue weighted by Crippen LogP contribution is -2.16. The zero-order chi connectivity index (χ0) is 13.0. The van der Waals surface area contributed by atoms with E-state index < -0.39 is 0 Å². The number of aromatic amines is 1. The fraction of sp³-hybridized carbons (Fsp3) is 0.357. The molecule has 0 amide bonds. The van der Waals surface area contributed by atoms with Crippen LogP contribution in [-0.4, -0.2) is 24.2 Å². The second-order valence-electron chi connectivity index (χ2n) is 4.45. The summed E-state index contributed by atoms with van der Waals surface area (Å²) in [5.41, 5.74) is -0.0691. The van der Waals surface area contributed by atoms with Crippen LogP contribution in [0, 0.1) is 0 Å². The minimum absolute atomic E-state index is 0.0691. The molecule has 0 bridgehead atoms. The Bertz CT molecular complexity index is 575. The maximum absolute atomic E-state index is 11.8. The first-order valence-corrected chi connectivity index (χ1v) is 6.14. The predicted molar refractivity (Wildman–Crippen MR) is 74.1 cm³/mol. The molecule has 4 nitrogen and oxygen atoms in total. The van der Waals surface area contributed by atoms with Gasteiger partial charge in [-0.3, -0.25) is 4.79 Å². The number of benzene rings is 1. The molecule has 0 atom stereocenters. The Hall–Kier alpha value is -1.81. The van der Waals surface area contributed by atoms with Crippen LogP contribution in [0.25, 0.3) is 10.8 Å². The topological polar surface area (TPSA) is 54.1 Å². The summed E-state index contributed by atoms with van der Waals surface area (Å²) in [6.45, 7) is 5.29. The number of anilines is 1. The highest BCUT2D eigenvalue weighted by atomic mass is 16.5. The van der Waals surface area contributed by atoms with Crippen molar-refractivity contribution in [3.63, 3.8) is 0 Å². The van der Waals surface area contributed by atoms with Gasteiger partial charge in [-0.25, -0.2) is 0 Å². The number of ether oxygens (including phenoxy) is 1. The first-order valence-electron chi connectivity index (χ1n) is 6.14. The van der Waals surface area contributed by atoms with Crippen LogP contribution in [0.15, 0.2) is 35.1 Å². The Balaban J connectivity index is 2.08. The number of rotatable bonds is 5. The lowest BCUT2D eigenvalue weighted by Gasteiger charge is -2.09. The van der Waals surface area contributed by atoms with E-state index in [1.807, 2.05) is 44.2 Å². The standard InChI is InChI=1S/C14H18N2O2/c1-10(2)18-8-7-15-13-9-11-5-3-4-6-12(11)14(17)16-13/h3-6,9-10H,7-8H2,1-2H3,(H2,15,16,17). The molecule has 0 radical (unpaired) electrons. The fourth-order valence-corrected chi connectivity index (χ4v) is 1.79. The molecule has 1 aromatic carbocycles. The Labute approximate surface area is 106 Å². The number of H-pyrrole nitrogens is 1. The van der Waals surface area contributed by atoms with Crippen molar-refractivity contribution in [3.05, 3.63) is 40.7 Å². The van der Waals surface area contributed by atoms with Gasteiger partial charge in [0.2, 0.25) is 0 Å². The Morgan fingerprint density at radius 3 is 2.89 bits per heavy atom. The van der Waals surface area contributed by atoms with Crippen LogP contribution >= 0.6 is 0 Å². The largest absolute Gasteiger partial charge is 0.377 e. The summed E-state index contributed by atoms with van der Waals surface area (Å²) in [5, 5.41) is 4.80. The van der Waals surface area contributed by atoms with Crippen molar-refractivity contribution in [3.8, 4) is 0 Å². The van der Waals surface area contributed by atoms with E-state index in [-0.39, 0.29) is 11.7 Å². The molecule has 0 saturated heterocycles. The highest BCUT2D eigenvalue weighted by molar-refractivity contribution is 5.83. The molecule has 2 rings (SSSR count). The molecule has 4 heteroatoms. The number of pyridine rings is 1. The molecule has 0 unspecified atom stereocenters. The third kappa shape index (κ3) is 3.11. The van der Waals surface area contributed by atoms with Gasteiger partial charge in [-0.15, -0.1) is 0 Å². The first kappa shape index (κ1) is 12.6. The summed E-state index contributed by atoms with van der Waals surface area (Å²) in [4.78, 5) is 14.6. The molecular weight excluding hydrogens is 228 g/mol. The summed E-state index contributed by atoms with van der Waals surface area (Å²) < 4.78 is 5.43. The van der Waals surface area contributed by atoms with Crippen LogP contribution in [0.4, 0.5) is 5.82 Å². The smallest absolute Gasteiger partial charge is 0.257 e. The van der Waals surface area contributed by atoms with Crippen LogP contribution in [0.3, 0.4) is 0 Å². The van der Waals surface area contributed by atoms with Crippen molar-refractivity contribution >= 4 is 16.6 Å². The molecule has 0 aliphatic heterocycles. The lowest BCUT2D eigenvalue weighted by molar-refractivity contribution is 0.0870. The van der Waals surface area contributed by atoms with Gasteiger partial charge in [0.25, 0.3) is 5.56 Å². The Morgan fingerprint density at radius 2 is 2.11 bits per heavy atom. The second kappa shape index (κ2) is 5.69. The third-order valence-corrected chi connectivity index (χ3v) is 2.62. The van der Waals surface area contributed by atoms with Crippen molar-refractivity contribution < 1.29 is 4.74 Å². The first-order chi connectivity index (χ1) is 8.66. The van der Waals surface area contributed by atoms with Crippen molar-refractivity contribution in [2.75, 3.05) is 18.5 Å². The van der Waals surface area contributed by atoms with E-state index in [0.717, 1.165) is 11.2 Å². The molecule has 0 aliphatic carbocycles. The molecule has 18 heavy (non-hydrogen) atoms. The van der Waals surface area contributed by atoms with Crippen LogP contribution in [0.2, 0.25) is 0 Å². The summed E-state index contributed by atoms with van der Waals surface area (Å²) in [6.07, 6.45) is 0.224. The monoisotopic (exact) mass is 246 g/mol. The van der Waals surface area contributed by atoms with E-state index in [2.05, 4.69) is 10.3 Å². The molecular formula is C14H18N2O2. The zero-order valence-electron chi connectivity index (χ0n) is 10.7. The molecule has 0 aliphatic rings. The molecule has 2 aromatic rings. The van der Waals surface area contributed by atoms with E-state index in [9.17, 15) is 4.79 Å². The average Bonchev–Trinajstić information content (AvgIpc) is 2.35. The van der Waals surface area contributed by atoms with Crippen LogP contribution in [-0.2, 0) is 4.74 Å². The molecule has 1 aromatic heterocycles. The minimum Gasteiger partial charge on any atom is -0.377 e. The summed E-state index contributed by atoms with van der Waals surface area (Å²) in [5.74, 6) is 0.728. The van der Waals surface area contributed by atoms with Gasteiger partial charge < -0.3 is 15.0 Å². The average molecular weight is 246 g/mol. The summed E-state index contributed by atoms with van der Waals surface area (Å²) >= 11 is 0. The number of fused-ring (bicyclic) bond motifs is 1. The SMILES string of the molecule is CC(C)OCCNc1cc2ccccc2c(=O)[nH]1. The quantitative estimate of drug-likeness (QED) is 0.796. The normalized spacial score (nSPS) is 11.1. The minimum atomic E-state index is -0.0691. The van der Waals surface area contributed by atoms with Crippen LogP contribution in [0.1, 0.15) is 13.8 Å². The Morgan fingerprint density at radius 1 is 1.33 bits per heavy atom. The number of aromatic nitrogens is 1. The van der Waals surface area contributed by atoms with Crippen LogP contribution in [0.5, 0.6) is 0 Å². The molecule has 96 valence electrons. The van der Waals surface area contributed by atoms with Gasteiger partial charge in [-0.2, -0.15) is 0 Å². The van der Waals surface area contributed by atoms with Crippen molar-refractivity contribution in [1.82, 2.24) is 4.98 Å². The van der Waals surface area contributed by atoms with Gasteiger partial charge in [0.15, 0.2) is 0 Å². The van der Waals surface area contributed by atoms with E-state index in [1.165, 1.54) is 0 Å². The zero-order valence-corrected chi connectivity index (χ0v) is 10.7. The number of hydrogen-bond donors (Lipinski definition) is 2. The Kier molecular flexibility index (Phi) is 3.99. The summed E-state index contributed by atoms with van der Waals surface area (Å²) in [7, 11) is 0. The summed E-state index contributed by atoms with van der Waals surface area (Å²) in [6, 6.07) is 9.47. The van der Waals surface area contributed by atoms with Crippen molar-refractivity contribution in [1.29, 1.82) is 0 Å². The van der Waals surface area contributed by atoms with E-state index in [1.54, 1.807) is 0 Å². The van der Waals surface area contributed by atoms with Gasteiger partial charge in [0.05, 0.1) is 12.7 Å². The maximum Gasteiger partial charge on any atom is 0.257 e. The molecule has 1 heterocycles. The van der Waals surface area contributed by atoms with Crippen molar-refractivity contribution in [2.45, 2.75) is 20.0 Å². The van der Waals surface area contributed by atoms with Gasteiger partial charge in [-0.05, 0) is 31.4 Å². The molecule has 0 saturated carbocycles. The van der Waals surface area contributed by atoms with Gasteiger partial charge in [0.1, 0.15) is 5.82 Å². The van der Waals surface area contributed by atoms with E-state index >= 15 is 0 Å². The van der Waals surface area contributed by atoms with Gasteiger partial charge >= 0.3 is 0 Å². The van der Waals surface area contributed by atoms with E-state index in [4.69, 9.17) is 4.74 Å².